The average molecular weight is 256 g/mol. The van der Waals surface area contributed by atoms with Crippen molar-refractivity contribution in [2.45, 2.75) is 13.0 Å². The van der Waals surface area contributed by atoms with Gasteiger partial charge in [0.25, 0.3) is 0 Å². The molecule has 3 aromatic rings. The predicted molar refractivity (Wildman–Crippen MR) is 70.2 cm³/mol. The zero-order valence-corrected chi connectivity index (χ0v) is 10.4. The van der Waals surface area contributed by atoms with Crippen molar-refractivity contribution in [2.75, 3.05) is 0 Å². The highest BCUT2D eigenvalue weighted by Crippen LogP contribution is 2.24. The van der Waals surface area contributed by atoms with Crippen molar-refractivity contribution in [3.05, 3.63) is 65.5 Å². The summed E-state index contributed by atoms with van der Waals surface area (Å²) in [7, 11) is 0. The molecule has 0 aliphatic heterocycles. The second-order valence-electron chi connectivity index (χ2n) is 4.55. The molecule has 0 radical (unpaired) electrons. The van der Waals surface area contributed by atoms with Crippen LogP contribution in [0.25, 0.3) is 5.52 Å². The van der Waals surface area contributed by atoms with E-state index in [1.807, 2.05) is 13.0 Å². The van der Waals surface area contributed by atoms with Gasteiger partial charge < -0.3 is 5.73 Å². The maximum Gasteiger partial charge on any atom is 0.123 e. The van der Waals surface area contributed by atoms with E-state index in [4.69, 9.17) is 5.73 Å². The Morgan fingerprint density at radius 1 is 1.26 bits per heavy atom. The summed E-state index contributed by atoms with van der Waals surface area (Å²) >= 11 is 0. The fraction of sp³-hybridized carbons (Fsp3) is 0.143. The van der Waals surface area contributed by atoms with E-state index in [2.05, 4.69) is 10.1 Å². The Bertz CT molecular complexity index is 715. The molecule has 0 bridgehead atoms. The molecule has 4 nitrogen and oxygen atoms in total. The summed E-state index contributed by atoms with van der Waals surface area (Å²) in [5.74, 6) is -0.278. The van der Waals surface area contributed by atoms with Gasteiger partial charge in [-0.3, -0.25) is 4.98 Å². The number of halogens is 1. The Kier molecular flexibility index (Phi) is 2.76. The maximum atomic E-state index is 13.5. The molecule has 0 aliphatic rings. The van der Waals surface area contributed by atoms with Crippen LogP contribution >= 0.6 is 0 Å². The summed E-state index contributed by atoms with van der Waals surface area (Å²) in [6, 6.07) is 4.40. The highest BCUT2D eigenvalue weighted by molar-refractivity contribution is 5.55. The van der Waals surface area contributed by atoms with Gasteiger partial charge >= 0.3 is 0 Å². The number of benzene rings is 1. The van der Waals surface area contributed by atoms with Crippen molar-refractivity contribution in [2.24, 2.45) is 5.73 Å². The van der Waals surface area contributed by atoms with Gasteiger partial charge in [0.15, 0.2) is 0 Å². The van der Waals surface area contributed by atoms with Gasteiger partial charge in [0.05, 0.1) is 24.0 Å². The van der Waals surface area contributed by atoms with Crippen LogP contribution in [-0.4, -0.2) is 14.6 Å². The lowest BCUT2D eigenvalue weighted by atomic mass is 9.99. The van der Waals surface area contributed by atoms with Gasteiger partial charge in [-0.2, -0.15) is 5.10 Å². The lowest BCUT2D eigenvalue weighted by molar-refractivity contribution is 0.622. The minimum Gasteiger partial charge on any atom is -0.320 e. The molecule has 96 valence electrons. The van der Waals surface area contributed by atoms with Crippen LogP contribution in [0.5, 0.6) is 0 Å². The van der Waals surface area contributed by atoms with Gasteiger partial charge in [0, 0.05) is 18.0 Å². The maximum absolute atomic E-state index is 13.5. The van der Waals surface area contributed by atoms with Gasteiger partial charge in [-0.15, -0.1) is 0 Å². The molecule has 0 saturated carbocycles. The van der Waals surface area contributed by atoms with Crippen LogP contribution in [0.15, 0.2) is 43.0 Å². The van der Waals surface area contributed by atoms with Crippen molar-refractivity contribution >= 4 is 5.52 Å². The lowest BCUT2D eigenvalue weighted by Crippen LogP contribution is -2.12. The summed E-state index contributed by atoms with van der Waals surface area (Å²) < 4.78 is 15.2. The Balaban J connectivity index is 2.10. The number of aromatic nitrogens is 3. The smallest absolute Gasteiger partial charge is 0.123 e. The van der Waals surface area contributed by atoms with Crippen LogP contribution in [-0.2, 0) is 0 Å². The van der Waals surface area contributed by atoms with E-state index >= 15 is 0 Å². The lowest BCUT2D eigenvalue weighted by Gasteiger charge is -2.12. The molecule has 0 amide bonds. The number of aryl methyl sites for hydroxylation is 1. The molecule has 0 spiro atoms. The van der Waals surface area contributed by atoms with Crippen LogP contribution in [0.4, 0.5) is 4.39 Å². The van der Waals surface area contributed by atoms with Crippen LogP contribution in [0.1, 0.15) is 22.7 Å². The molecule has 0 saturated heterocycles. The zero-order valence-electron chi connectivity index (χ0n) is 10.4. The third-order valence-corrected chi connectivity index (χ3v) is 3.11. The summed E-state index contributed by atoms with van der Waals surface area (Å²) in [4.78, 5) is 4.07. The first-order valence-electron chi connectivity index (χ1n) is 5.95. The second kappa shape index (κ2) is 4.44. The third kappa shape index (κ3) is 2.08. The Labute approximate surface area is 109 Å². The van der Waals surface area contributed by atoms with E-state index in [-0.39, 0.29) is 5.82 Å². The van der Waals surface area contributed by atoms with Crippen molar-refractivity contribution in [1.29, 1.82) is 0 Å². The SMILES string of the molecule is Cc1cc(F)cc(C(N)c2cnn3ccncc23)c1. The van der Waals surface area contributed by atoms with E-state index < -0.39 is 6.04 Å². The molecule has 3 rings (SSSR count). The van der Waals surface area contributed by atoms with Crippen LogP contribution in [0.2, 0.25) is 0 Å². The Morgan fingerprint density at radius 2 is 2.11 bits per heavy atom. The van der Waals surface area contributed by atoms with Crippen molar-refractivity contribution in [3.8, 4) is 0 Å². The van der Waals surface area contributed by atoms with E-state index in [1.54, 1.807) is 29.3 Å². The van der Waals surface area contributed by atoms with Crippen LogP contribution in [0, 0.1) is 12.7 Å². The molecule has 1 atom stereocenters. The Hall–Kier alpha value is -2.27. The highest BCUT2D eigenvalue weighted by Gasteiger charge is 2.15. The highest BCUT2D eigenvalue weighted by atomic mass is 19.1. The predicted octanol–water partition coefficient (Wildman–Crippen LogP) is 2.22. The van der Waals surface area contributed by atoms with Gasteiger partial charge in [0.2, 0.25) is 0 Å². The molecular formula is C14H13FN4. The molecular weight excluding hydrogens is 243 g/mol. The summed E-state index contributed by atoms with van der Waals surface area (Å²) in [6.07, 6.45) is 6.81. The first kappa shape index (κ1) is 11.8. The minimum absolute atomic E-state index is 0.278. The zero-order chi connectivity index (χ0) is 13.4. The van der Waals surface area contributed by atoms with Crippen molar-refractivity contribution < 1.29 is 4.39 Å². The van der Waals surface area contributed by atoms with Crippen LogP contribution in [0.3, 0.4) is 0 Å². The third-order valence-electron chi connectivity index (χ3n) is 3.11. The first-order chi connectivity index (χ1) is 9.15. The van der Waals surface area contributed by atoms with Gasteiger partial charge in [-0.1, -0.05) is 6.07 Å². The topological polar surface area (TPSA) is 56.2 Å². The number of nitrogens with zero attached hydrogens (tertiary/aromatic N) is 3. The number of nitrogens with two attached hydrogens (primary N) is 1. The number of hydrogen-bond acceptors (Lipinski definition) is 3. The second-order valence-corrected chi connectivity index (χ2v) is 4.55. The minimum atomic E-state index is -0.420. The largest absolute Gasteiger partial charge is 0.320 e. The molecule has 0 aliphatic carbocycles. The molecule has 1 unspecified atom stereocenters. The number of fused-ring (bicyclic) bond motifs is 1. The van der Waals surface area contributed by atoms with E-state index in [0.29, 0.717) is 0 Å². The Morgan fingerprint density at radius 3 is 2.89 bits per heavy atom. The normalized spacial score (nSPS) is 12.8. The summed E-state index contributed by atoms with van der Waals surface area (Å²) in [5.41, 5.74) is 9.46. The average Bonchev–Trinajstić information content (AvgIpc) is 2.80. The number of hydrogen-bond donors (Lipinski definition) is 1. The standard InChI is InChI=1S/C14H13FN4/c1-9-4-10(6-11(15)5-9)14(16)12-7-18-19-3-2-17-8-13(12)19/h2-8,14H,16H2,1H3. The molecule has 2 aromatic heterocycles. The van der Waals surface area contributed by atoms with Gasteiger partial charge in [0.1, 0.15) is 5.82 Å². The summed E-state index contributed by atoms with van der Waals surface area (Å²) in [6.45, 7) is 1.84. The molecule has 2 N–H and O–H groups in total. The van der Waals surface area contributed by atoms with E-state index in [9.17, 15) is 4.39 Å². The van der Waals surface area contributed by atoms with Crippen LogP contribution < -0.4 is 5.73 Å². The van der Waals surface area contributed by atoms with Gasteiger partial charge in [-0.05, 0) is 30.2 Å². The summed E-state index contributed by atoms with van der Waals surface area (Å²) in [5, 5.41) is 4.21. The van der Waals surface area contributed by atoms with E-state index in [0.717, 1.165) is 22.2 Å². The molecule has 1 aromatic carbocycles. The van der Waals surface area contributed by atoms with Crippen molar-refractivity contribution in [3.63, 3.8) is 0 Å². The molecule has 0 fully saturated rings. The molecule has 5 heteroatoms. The fourth-order valence-corrected chi connectivity index (χ4v) is 2.22. The molecule has 19 heavy (non-hydrogen) atoms. The van der Waals surface area contributed by atoms with Gasteiger partial charge in [-0.25, -0.2) is 8.91 Å². The first-order valence-corrected chi connectivity index (χ1v) is 5.95. The number of rotatable bonds is 2. The molecule has 2 heterocycles. The fourth-order valence-electron chi connectivity index (χ4n) is 2.22. The van der Waals surface area contributed by atoms with E-state index in [1.165, 1.54) is 12.1 Å². The van der Waals surface area contributed by atoms with Crippen molar-refractivity contribution in [1.82, 2.24) is 14.6 Å². The monoisotopic (exact) mass is 256 g/mol. The quantitative estimate of drug-likeness (QED) is 0.765.